The monoisotopic (exact) mass is 570 g/mol. The van der Waals surface area contributed by atoms with Gasteiger partial charge in [-0.05, 0) is 57.4 Å². The highest BCUT2D eigenvalue weighted by Crippen LogP contribution is 2.32. The van der Waals surface area contributed by atoms with E-state index < -0.39 is 16.9 Å². The van der Waals surface area contributed by atoms with E-state index in [0.29, 0.717) is 57.5 Å². The molecule has 2 aliphatic rings. The number of amides is 1. The van der Waals surface area contributed by atoms with Crippen LogP contribution in [-0.2, 0) is 22.5 Å². The summed E-state index contributed by atoms with van der Waals surface area (Å²) in [5, 5.41) is 7.25. The third kappa shape index (κ3) is 9.11. The van der Waals surface area contributed by atoms with Crippen LogP contribution in [0.1, 0.15) is 58.4 Å². The van der Waals surface area contributed by atoms with Crippen LogP contribution in [0.2, 0.25) is 0 Å². The Morgan fingerprint density at radius 3 is 2.38 bits per heavy atom. The lowest BCUT2D eigenvalue weighted by Crippen LogP contribution is -2.51. The molecule has 9 nitrogen and oxygen atoms in total. The molecule has 0 aromatic heterocycles. The molecule has 1 aliphatic heterocycles. The second-order valence-corrected chi connectivity index (χ2v) is 12.6. The van der Waals surface area contributed by atoms with E-state index in [2.05, 4.69) is 27.7 Å². The van der Waals surface area contributed by atoms with Crippen molar-refractivity contribution in [1.82, 2.24) is 9.80 Å². The summed E-state index contributed by atoms with van der Waals surface area (Å²) in [6, 6.07) is 16.4. The molecule has 0 spiro atoms. The Morgan fingerprint density at radius 1 is 1.02 bits per heavy atom. The zero-order chi connectivity index (χ0) is 28.5. The van der Waals surface area contributed by atoms with E-state index in [0.717, 1.165) is 29.8 Å². The first-order valence-electron chi connectivity index (χ1n) is 14.4. The highest BCUT2D eigenvalue weighted by Gasteiger charge is 2.26. The molecule has 2 fully saturated rings. The molecule has 1 atom stereocenters. The number of anilines is 3. The molecule has 220 valence electrons. The Labute approximate surface area is 241 Å². The number of hydrogen-bond acceptors (Lipinski definition) is 7. The molecule has 0 radical (unpaired) electrons. The van der Waals surface area contributed by atoms with Crippen LogP contribution in [0, 0.1) is 0 Å². The second kappa shape index (κ2) is 14.2. The fourth-order valence-electron chi connectivity index (χ4n) is 5.22. The average molecular weight is 571 g/mol. The normalized spacial score (nSPS) is 17.8. The largest absolute Gasteiger partial charge is 0.755 e. The molecule has 2 N–H and O–H groups in total. The fraction of sp³-hybridized carbons (Fsp3) is 0.567. The summed E-state index contributed by atoms with van der Waals surface area (Å²) in [6.07, 6.45) is 5.76. The number of nitrogens with one attached hydrogen (secondary N) is 2. The number of nitrogens with zero attached hydrogens (tertiary/aromatic N) is 3. The third-order valence-electron chi connectivity index (χ3n) is 7.40. The summed E-state index contributed by atoms with van der Waals surface area (Å²) >= 11 is -2.42. The number of rotatable bonds is 10. The predicted octanol–water partition coefficient (Wildman–Crippen LogP) is 5.20. The standard InChI is InChI=1S/C30H45N5O4S/c1-30(2,3)39-29(36)34-19-16-33(17-20-34)18-21-35(40(37)38)26-14-15-27(32-25-12-8-5-9-13-25)28(22-26)31-23-24-10-6-4-7-11-24/h4,6-7,10-11,14-15,22,25,31-32H,5,8-9,12-13,16-21,23H2,1-3H3,(H,37,38)/p-1. The number of ether oxygens (including phenoxy) is 1. The molecule has 1 amide bonds. The van der Waals surface area contributed by atoms with Gasteiger partial charge in [0, 0.05) is 63.1 Å². The van der Waals surface area contributed by atoms with E-state index in [4.69, 9.17) is 4.74 Å². The number of hydrogen-bond donors (Lipinski definition) is 2. The van der Waals surface area contributed by atoms with Crippen molar-refractivity contribution in [2.45, 2.75) is 71.1 Å². The predicted molar refractivity (Wildman–Crippen MR) is 161 cm³/mol. The topological polar surface area (TPSA) is 100 Å². The number of carbonyl (C=O) groups is 1. The first-order chi connectivity index (χ1) is 19.2. The Morgan fingerprint density at radius 2 is 1.73 bits per heavy atom. The smallest absolute Gasteiger partial charge is 0.410 e. The van der Waals surface area contributed by atoms with Gasteiger partial charge in [-0.15, -0.1) is 0 Å². The Bertz CT molecular complexity index is 1110. The van der Waals surface area contributed by atoms with Gasteiger partial charge in [0.15, 0.2) is 0 Å². The minimum Gasteiger partial charge on any atom is -0.755 e. The third-order valence-corrected chi connectivity index (χ3v) is 8.16. The van der Waals surface area contributed by atoms with Crippen molar-refractivity contribution in [2.75, 3.05) is 54.2 Å². The van der Waals surface area contributed by atoms with Gasteiger partial charge in [-0.25, -0.2) is 4.79 Å². The van der Waals surface area contributed by atoms with Gasteiger partial charge in [0.05, 0.1) is 17.1 Å². The molecule has 40 heavy (non-hydrogen) atoms. The van der Waals surface area contributed by atoms with Crippen LogP contribution >= 0.6 is 0 Å². The van der Waals surface area contributed by atoms with Crippen LogP contribution in [0.25, 0.3) is 0 Å². The molecular formula is C30H44N5O4S-. The van der Waals surface area contributed by atoms with Crippen molar-refractivity contribution < 1.29 is 18.3 Å². The highest BCUT2D eigenvalue weighted by atomic mass is 32.2. The van der Waals surface area contributed by atoms with Gasteiger partial charge < -0.3 is 29.1 Å². The minimum atomic E-state index is -2.42. The van der Waals surface area contributed by atoms with Crippen LogP contribution in [0.3, 0.4) is 0 Å². The number of piperazine rings is 1. The van der Waals surface area contributed by atoms with Crippen LogP contribution in [0.15, 0.2) is 48.5 Å². The van der Waals surface area contributed by atoms with Crippen molar-refractivity contribution in [2.24, 2.45) is 0 Å². The van der Waals surface area contributed by atoms with Crippen molar-refractivity contribution in [1.29, 1.82) is 0 Å². The summed E-state index contributed by atoms with van der Waals surface area (Å²) in [5.74, 6) is 0. The minimum absolute atomic E-state index is 0.299. The van der Waals surface area contributed by atoms with Gasteiger partial charge in [-0.2, -0.15) is 0 Å². The number of benzene rings is 2. The van der Waals surface area contributed by atoms with Gasteiger partial charge in [0.25, 0.3) is 0 Å². The molecular weight excluding hydrogens is 526 g/mol. The zero-order valence-electron chi connectivity index (χ0n) is 24.1. The molecule has 1 unspecified atom stereocenters. The molecule has 1 saturated carbocycles. The maximum absolute atomic E-state index is 12.4. The molecule has 2 aromatic rings. The molecule has 4 rings (SSSR count). The van der Waals surface area contributed by atoms with Crippen molar-refractivity contribution >= 4 is 34.4 Å². The zero-order valence-corrected chi connectivity index (χ0v) is 24.9. The molecule has 10 heteroatoms. The lowest BCUT2D eigenvalue weighted by atomic mass is 9.95. The molecule has 1 heterocycles. The van der Waals surface area contributed by atoms with Gasteiger partial charge >= 0.3 is 6.09 Å². The first-order valence-corrected chi connectivity index (χ1v) is 15.5. The van der Waals surface area contributed by atoms with Crippen molar-refractivity contribution in [3.05, 3.63) is 54.1 Å². The van der Waals surface area contributed by atoms with Crippen LogP contribution in [0.5, 0.6) is 0 Å². The summed E-state index contributed by atoms with van der Waals surface area (Å²) in [7, 11) is 0. The molecule has 1 aliphatic carbocycles. The summed E-state index contributed by atoms with van der Waals surface area (Å²) < 4.78 is 31.6. The van der Waals surface area contributed by atoms with E-state index >= 15 is 0 Å². The molecule has 0 bridgehead atoms. The van der Waals surface area contributed by atoms with E-state index in [1.165, 1.54) is 23.6 Å². The fourth-order valence-corrected chi connectivity index (χ4v) is 5.74. The Hall–Kier alpha value is -2.82. The lowest BCUT2D eigenvalue weighted by molar-refractivity contribution is 0.0148. The average Bonchev–Trinajstić information content (AvgIpc) is 2.93. The van der Waals surface area contributed by atoms with E-state index in [9.17, 15) is 13.6 Å². The van der Waals surface area contributed by atoms with Crippen LogP contribution < -0.4 is 14.9 Å². The summed E-state index contributed by atoms with van der Waals surface area (Å²) in [6.45, 7) is 9.60. The van der Waals surface area contributed by atoms with Gasteiger partial charge in [-0.1, -0.05) is 49.6 Å². The second-order valence-electron chi connectivity index (χ2n) is 11.7. The Kier molecular flexibility index (Phi) is 10.7. The SMILES string of the molecule is CC(C)(C)OC(=O)N1CCN(CCN(c2ccc(NC3CCCCC3)c(NCc3ccccc3)c2)S(=O)[O-])CC1. The van der Waals surface area contributed by atoms with E-state index in [1.807, 2.05) is 57.2 Å². The molecule has 1 saturated heterocycles. The van der Waals surface area contributed by atoms with Crippen LogP contribution in [0.4, 0.5) is 21.9 Å². The van der Waals surface area contributed by atoms with Crippen molar-refractivity contribution in [3.8, 4) is 0 Å². The number of carbonyl (C=O) groups excluding carboxylic acids is 1. The van der Waals surface area contributed by atoms with Gasteiger partial charge in [0.1, 0.15) is 5.60 Å². The maximum atomic E-state index is 12.4. The summed E-state index contributed by atoms with van der Waals surface area (Å²) in [4.78, 5) is 16.3. The van der Waals surface area contributed by atoms with E-state index in [-0.39, 0.29) is 6.09 Å². The maximum Gasteiger partial charge on any atom is 0.410 e. The highest BCUT2D eigenvalue weighted by molar-refractivity contribution is 7.80. The van der Waals surface area contributed by atoms with Crippen molar-refractivity contribution in [3.63, 3.8) is 0 Å². The van der Waals surface area contributed by atoms with Gasteiger partial charge in [-0.3, -0.25) is 9.11 Å². The molecule has 2 aromatic carbocycles. The van der Waals surface area contributed by atoms with E-state index in [1.54, 1.807) is 4.90 Å². The Balaban J connectivity index is 1.41. The first kappa shape index (κ1) is 30.1. The van der Waals surface area contributed by atoms with Gasteiger partial charge in [0.2, 0.25) is 0 Å². The lowest BCUT2D eigenvalue weighted by Gasteiger charge is -2.37. The van der Waals surface area contributed by atoms with Crippen LogP contribution in [-0.4, -0.2) is 75.6 Å². The summed E-state index contributed by atoms with van der Waals surface area (Å²) in [5.41, 5.74) is 3.16. The quantitative estimate of drug-likeness (QED) is 0.379.